The van der Waals surface area contributed by atoms with Crippen LogP contribution in [0, 0.1) is 0 Å². The molecule has 1 amide bonds. The fourth-order valence-corrected chi connectivity index (χ4v) is 1.65. The van der Waals surface area contributed by atoms with E-state index in [1.807, 2.05) is 37.3 Å². The van der Waals surface area contributed by atoms with Crippen molar-refractivity contribution in [3.63, 3.8) is 0 Å². The fourth-order valence-electron chi connectivity index (χ4n) is 1.65. The molecular formula is C14H16N2O2. The Labute approximate surface area is 106 Å². The Morgan fingerprint density at radius 2 is 2.06 bits per heavy atom. The summed E-state index contributed by atoms with van der Waals surface area (Å²) >= 11 is 0. The second kappa shape index (κ2) is 5.40. The maximum absolute atomic E-state index is 11.8. The van der Waals surface area contributed by atoms with E-state index in [1.54, 1.807) is 6.07 Å². The van der Waals surface area contributed by atoms with E-state index in [4.69, 9.17) is 10.2 Å². The van der Waals surface area contributed by atoms with Crippen LogP contribution in [-0.4, -0.2) is 5.91 Å². The second-order valence-corrected chi connectivity index (χ2v) is 4.00. The van der Waals surface area contributed by atoms with Crippen LogP contribution in [0.15, 0.2) is 40.8 Å². The molecule has 94 valence electrons. The molecule has 2 aromatic rings. The van der Waals surface area contributed by atoms with Gasteiger partial charge in [0.25, 0.3) is 5.91 Å². The number of aryl methyl sites for hydroxylation is 1. The van der Waals surface area contributed by atoms with E-state index < -0.39 is 0 Å². The lowest BCUT2D eigenvalue weighted by atomic mass is 10.2. The number of rotatable bonds is 4. The Hall–Kier alpha value is -2.23. The van der Waals surface area contributed by atoms with Gasteiger partial charge in [-0.25, -0.2) is 0 Å². The molecule has 0 fully saturated rings. The lowest BCUT2D eigenvalue weighted by molar-refractivity contribution is 0.0921. The smallest absolute Gasteiger partial charge is 0.287 e. The summed E-state index contributed by atoms with van der Waals surface area (Å²) in [4.78, 5) is 11.8. The fraction of sp³-hybridized carbons (Fsp3) is 0.214. The first-order valence-electron chi connectivity index (χ1n) is 5.91. The molecule has 0 aliphatic rings. The van der Waals surface area contributed by atoms with Gasteiger partial charge in [0, 0.05) is 18.7 Å². The van der Waals surface area contributed by atoms with Gasteiger partial charge in [-0.15, -0.1) is 0 Å². The molecule has 0 spiro atoms. The standard InChI is InChI=1S/C14H16N2O2/c1-2-11-7-8-13(18-11)14(17)16-9-10-5-3-4-6-12(10)15/h3-8H,2,9,15H2,1H3,(H,16,17). The van der Waals surface area contributed by atoms with Crippen molar-refractivity contribution in [3.05, 3.63) is 53.5 Å². The highest BCUT2D eigenvalue weighted by molar-refractivity contribution is 5.91. The van der Waals surface area contributed by atoms with Gasteiger partial charge in [0.2, 0.25) is 0 Å². The molecule has 3 N–H and O–H groups in total. The van der Waals surface area contributed by atoms with Crippen LogP contribution in [0.1, 0.15) is 28.8 Å². The van der Waals surface area contributed by atoms with E-state index >= 15 is 0 Å². The van der Waals surface area contributed by atoms with Gasteiger partial charge in [-0.1, -0.05) is 25.1 Å². The number of anilines is 1. The maximum atomic E-state index is 11.8. The van der Waals surface area contributed by atoms with Crippen LogP contribution in [0.5, 0.6) is 0 Å². The summed E-state index contributed by atoms with van der Waals surface area (Å²) in [5.74, 6) is 0.915. The Morgan fingerprint density at radius 1 is 1.28 bits per heavy atom. The summed E-state index contributed by atoms with van der Waals surface area (Å²) in [6.45, 7) is 2.37. The quantitative estimate of drug-likeness (QED) is 0.811. The third kappa shape index (κ3) is 2.71. The first-order valence-corrected chi connectivity index (χ1v) is 5.91. The Kier molecular flexibility index (Phi) is 3.67. The molecular weight excluding hydrogens is 228 g/mol. The molecule has 0 saturated heterocycles. The van der Waals surface area contributed by atoms with Crippen LogP contribution >= 0.6 is 0 Å². The van der Waals surface area contributed by atoms with Crippen molar-refractivity contribution in [3.8, 4) is 0 Å². The molecule has 1 heterocycles. The molecule has 0 aliphatic heterocycles. The van der Waals surface area contributed by atoms with E-state index in [2.05, 4.69) is 5.32 Å². The van der Waals surface area contributed by atoms with E-state index in [9.17, 15) is 4.79 Å². The van der Waals surface area contributed by atoms with Crippen LogP contribution in [0.4, 0.5) is 5.69 Å². The normalized spacial score (nSPS) is 10.3. The maximum Gasteiger partial charge on any atom is 0.287 e. The van der Waals surface area contributed by atoms with E-state index in [1.165, 1.54) is 0 Å². The zero-order valence-corrected chi connectivity index (χ0v) is 10.3. The summed E-state index contributed by atoms with van der Waals surface area (Å²) in [6.07, 6.45) is 0.777. The van der Waals surface area contributed by atoms with Crippen LogP contribution in [-0.2, 0) is 13.0 Å². The second-order valence-electron chi connectivity index (χ2n) is 4.00. The number of carbonyl (C=O) groups excluding carboxylic acids is 1. The van der Waals surface area contributed by atoms with Gasteiger partial charge in [-0.2, -0.15) is 0 Å². The van der Waals surface area contributed by atoms with Crippen LogP contribution in [0.3, 0.4) is 0 Å². The highest BCUT2D eigenvalue weighted by Crippen LogP contribution is 2.11. The summed E-state index contributed by atoms with van der Waals surface area (Å²) < 4.78 is 5.37. The van der Waals surface area contributed by atoms with Crippen molar-refractivity contribution in [1.82, 2.24) is 5.32 Å². The lowest BCUT2D eigenvalue weighted by Crippen LogP contribution is -2.22. The van der Waals surface area contributed by atoms with E-state index in [0.717, 1.165) is 17.7 Å². The number of furan rings is 1. The topological polar surface area (TPSA) is 68.3 Å². The van der Waals surface area contributed by atoms with Crippen molar-refractivity contribution < 1.29 is 9.21 Å². The molecule has 0 aliphatic carbocycles. The minimum Gasteiger partial charge on any atom is -0.456 e. The minimum atomic E-state index is -0.224. The Bertz CT molecular complexity index is 546. The van der Waals surface area contributed by atoms with Crippen molar-refractivity contribution in [2.24, 2.45) is 0 Å². The summed E-state index contributed by atoms with van der Waals surface area (Å²) in [6, 6.07) is 10.9. The zero-order valence-electron chi connectivity index (χ0n) is 10.3. The monoisotopic (exact) mass is 244 g/mol. The first kappa shape index (κ1) is 12.2. The summed E-state index contributed by atoms with van der Waals surface area (Å²) in [5.41, 5.74) is 7.37. The third-order valence-electron chi connectivity index (χ3n) is 2.73. The van der Waals surface area contributed by atoms with Crippen LogP contribution in [0.25, 0.3) is 0 Å². The number of hydrogen-bond acceptors (Lipinski definition) is 3. The van der Waals surface area contributed by atoms with Gasteiger partial charge in [0.1, 0.15) is 5.76 Å². The first-order chi connectivity index (χ1) is 8.70. The highest BCUT2D eigenvalue weighted by atomic mass is 16.3. The molecule has 0 atom stereocenters. The molecule has 4 nitrogen and oxygen atoms in total. The van der Waals surface area contributed by atoms with Crippen molar-refractivity contribution in [2.45, 2.75) is 19.9 Å². The molecule has 0 unspecified atom stereocenters. The molecule has 1 aromatic carbocycles. The molecule has 1 aromatic heterocycles. The van der Waals surface area contributed by atoms with Crippen molar-refractivity contribution in [2.75, 3.05) is 5.73 Å². The number of amides is 1. The van der Waals surface area contributed by atoms with Gasteiger partial charge in [-0.05, 0) is 23.8 Å². The van der Waals surface area contributed by atoms with E-state index in [-0.39, 0.29) is 5.91 Å². The van der Waals surface area contributed by atoms with Crippen molar-refractivity contribution >= 4 is 11.6 Å². The van der Waals surface area contributed by atoms with Gasteiger partial charge in [-0.3, -0.25) is 4.79 Å². The predicted molar refractivity (Wildman–Crippen MR) is 70.1 cm³/mol. The third-order valence-corrected chi connectivity index (χ3v) is 2.73. The number of carbonyl (C=O) groups is 1. The molecule has 0 saturated carbocycles. The van der Waals surface area contributed by atoms with Crippen LogP contribution < -0.4 is 11.1 Å². The summed E-state index contributed by atoms with van der Waals surface area (Å²) in [7, 11) is 0. The van der Waals surface area contributed by atoms with E-state index in [0.29, 0.717) is 18.0 Å². The SMILES string of the molecule is CCc1ccc(C(=O)NCc2ccccc2N)o1. The summed E-state index contributed by atoms with van der Waals surface area (Å²) in [5, 5.41) is 2.78. The molecule has 4 heteroatoms. The number of nitrogens with two attached hydrogens (primary N) is 1. The van der Waals surface area contributed by atoms with Crippen LogP contribution in [0.2, 0.25) is 0 Å². The van der Waals surface area contributed by atoms with Gasteiger partial charge >= 0.3 is 0 Å². The number of nitrogens with one attached hydrogen (secondary N) is 1. The molecule has 0 radical (unpaired) electrons. The average Bonchev–Trinajstić information content (AvgIpc) is 2.86. The van der Waals surface area contributed by atoms with Gasteiger partial charge in [0.05, 0.1) is 0 Å². The Morgan fingerprint density at radius 3 is 2.72 bits per heavy atom. The predicted octanol–water partition coefficient (Wildman–Crippen LogP) is 2.35. The number of hydrogen-bond donors (Lipinski definition) is 2. The molecule has 2 rings (SSSR count). The lowest BCUT2D eigenvalue weighted by Gasteiger charge is -2.06. The highest BCUT2D eigenvalue weighted by Gasteiger charge is 2.10. The zero-order chi connectivity index (χ0) is 13.0. The molecule has 0 bridgehead atoms. The van der Waals surface area contributed by atoms with Gasteiger partial charge < -0.3 is 15.5 Å². The number of benzene rings is 1. The van der Waals surface area contributed by atoms with Gasteiger partial charge in [0.15, 0.2) is 5.76 Å². The average molecular weight is 244 g/mol. The number of nitrogen functional groups attached to an aromatic ring is 1. The minimum absolute atomic E-state index is 0.224. The largest absolute Gasteiger partial charge is 0.456 e. The number of para-hydroxylation sites is 1. The Balaban J connectivity index is 1.98. The van der Waals surface area contributed by atoms with Crippen molar-refractivity contribution in [1.29, 1.82) is 0 Å². The molecule has 18 heavy (non-hydrogen) atoms.